The molecule has 0 radical (unpaired) electrons. The lowest BCUT2D eigenvalue weighted by Gasteiger charge is -2.71. The maximum atomic E-state index is 14.5. The van der Waals surface area contributed by atoms with E-state index in [0.29, 0.717) is 11.8 Å². The maximum absolute atomic E-state index is 14.5. The Balaban J connectivity index is 0.00000605. The van der Waals surface area contributed by atoms with Crippen LogP contribution in [0.1, 0.15) is 147 Å². The Bertz CT molecular complexity index is 1390. The second-order valence-electron chi connectivity index (χ2n) is 20.6. The van der Waals surface area contributed by atoms with Crippen LogP contribution in [0.3, 0.4) is 0 Å². The molecule has 9 heteroatoms. The van der Waals surface area contributed by atoms with Crippen molar-refractivity contribution in [2.75, 3.05) is 6.61 Å². The van der Waals surface area contributed by atoms with Crippen molar-refractivity contribution >= 4 is 30.3 Å². The van der Waals surface area contributed by atoms with Gasteiger partial charge < -0.3 is 25.6 Å². The topological polar surface area (TPSA) is 128 Å². The van der Waals surface area contributed by atoms with Gasteiger partial charge in [-0.25, -0.2) is 4.79 Å². The number of fused-ring (bicyclic) bond motifs is 7. The Kier molecular flexibility index (Phi) is 12.3. The van der Waals surface area contributed by atoms with Crippen LogP contribution in [-0.4, -0.2) is 53.9 Å². The number of ether oxygens (including phenoxy) is 2. The first kappa shape index (κ1) is 43.1. The molecule has 1 amide bonds. The first-order chi connectivity index (χ1) is 23.5. The zero-order chi connectivity index (χ0) is 38.1. The van der Waals surface area contributed by atoms with Gasteiger partial charge in [-0.2, -0.15) is 0 Å². The van der Waals surface area contributed by atoms with Gasteiger partial charge in [0.25, 0.3) is 0 Å². The van der Waals surface area contributed by atoms with Crippen LogP contribution < -0.4 is 11.1 Å². The van der Waals surface area contributed by atoms with Crippen molar-refractivity contribution in [1.82, 2.24) is 5.32 Å². The summed E-state index contributed by atoms with van der Waals surface area (Å²) in [6.07, 6.45) is 11.4. The van der Waals surface area contributed by atoms with Crippen LogP contribution in [0.15, 0.2) is 11.6 Å². The first-order valence-corrected chi connectivity index (χ1v) is 20.3. The average Bonchev–Trinajstić information content (AvgIpc) is 3.03. The van der Waals surface area contributed by atoms with Crippen molar-refractivity contribution in [3.63, 3.8) is 0 Å². The van der Waals surface area contributed by atoms with E-state index in [1.54, 1.807) is 6.92 Å². The number of carbonyl (C=O) groups is 3. The molecule has 5 aliphatic carbocycles. The maximum Gasteiger partial charge on any atom is 0.329 e. The number of aliphatic hydroxyl groups is 1. The fourth-order valence-corrected chi connectivity index (χ4v) is 12.3. The molecule has 8 nitrogen and oxygen atoms in total. The molecule has 0 aromatic heterocycles. The molecule has 0 saturated heterocycles. The van der Waals surface area contributed by atoms with Crippen molar-refractivity contribution in [3.05, 3.63) is 11.6 Å². The fourth-order valence-electron chi connectivity index (χ4n) is 12.3. The fraction of sp³-hybridized carbons (Fsp3) is 0.884. The van der Waals surface area contributed by atoms with Crippen LogP contribution in [0.5, 0.6) is 0 Å². The molecule has 4 fully saturated rings. The standard InChI is InChI=1S/C43H72N2O6.ClH/c1-25(2)33(44)35(47)45-34(26(3)4)36(48)51-27(5)24-50-37(49)43-21-19-38(6,7)23-29(43)28-13-14-31-40(10)17-16-32(46)39(8,9)30(40)15-18-42(31,12)41(28,11)20-22-43;/h13,25-27,29-34,46H,14-24,44H2,1-12H3,(H,45,47);1H/t27?,29-,30-,31+,32-,33-,34-,40-,41+,42+,43-;/m0./s1. The number of hydrogen-bond acceptors (Lipinski definition) is 7. The van der Waals surface area contributed by atoms with Crippen LogP contribution >= 0.6 is 12.4 Å². The van der Waals surface area contributed by atoms with Gasteiger partial charge in [-0.3, -0.25) is 9.59 Å². The molecule has 52 heavy (non-hydrogen) atoms. The Labute approximate surface area is 321 Å². The number of nitrogens with one attached hydrogen (secondary N) is 1. The average molecular weight is 750 g/mol. The number of rotatable bonds is 9. The Morgan fingerprint density at radius 2 is 1.52 bits per heavy atom. The number of carbonyl (C=O) groups excluding carboxylic acids is 3. The molecule has 4 N–H and O–H groups in total. The number of nitrogens with two attached hydrogens (primary N) is 1. The van der Waals surface area contributed by atoms with E-state index in [9.17, 15) is 19.5 Å². The predicted molar refractivity (Wildman–Crippen MR) is 208 cm³/mol. The largest absolute Gasteiger partial charge is 0.461 e. The summed E-state index contributed by atoms with van der Waals surface area (Å²) in [6, 6.07) is -1.56. The van der Waals surface area contributed by atoms with Crippen molar-refractivity contribution in [1.29, 1.82) is 0 Å². The number of aliphatic hydroxyl groups excluding tert-OH is 1. The summed E-state index contributed by atoms with van der Waals surface area (Å²) in [5, 5.41) is 13.9. The molecule has 298 valence electrons. The van der Waals surface area contributed by atoms with Gasteiger partial charge in [0.05, 0.1) is 17.6 Å². The summed E-state index contributed by atoms with van der Waals surface area (Å²) in [5.41, 5.74) is 7.24. The monoisotopic (exact) mass is 749 g/mol. The van der Waals surface area contributed by atoms with Crippen LogP contribution in [-0.2, 0) is 23.9 Å². The third-order valence-electron chi connectivity index (χ3n) is 16.0. The van der Waals surface area contributed by atoms with E-state index in [4.69, 9.17) is 15.2 Å². The zero-order valence-electron chi connectivity index (χ0n) is 34.5. The zero-order valence-corrected chi connectivity index (χ0v) is 35.3. The van der Waals surface area contributed by atoms with E-state index in [2.05, 4.69) is 59.9 Å². The highest BCUT2D eigenvalue weighted by atomic mass is 35.5. The van der Waals surface area contributed by atoms with Gasteiger partial charge in [0.2, 0.25) is 5.91 Å². The highest BCUT2D eigenvalue weighted by Crippen LogP contribution is 2.75. The van der Waals surface area contributed by atoms with Gasteiger partial charge in [0.1, 0.15) is 18.8 Å². The normalized spacial score (nSPS) is 39.2. The number of halogens is 1. The molecule has 0 aromatic rings. The summed E-state index contributed by atoms with van der Waals surface area (Å²) in [7, 11) is 0. The summed E-state index contributed by atoms with van der Waals surface area (Å²) in [5.74, 6) is -0.193. The Morgan fingerprint density at radius 3 is 2.13 bits per heavy atom. The first-order valence-electron chi connectivity index (χ1n) is 20.3. The van der Waals surface area contributed by atoms with Gasteiger partial charge in [-0.1, -0.05) is 87.8 Å². The summed E-state index contributed by atoms with van der Waals surface area (Å²) < 4.78 is 11.9. The molecule has 4 saturated carbocycles. The highest BCUT2D eigenvalue weighted by molar-refractivity contribution is 5.87. The van der Waals surface area contributed by atoms with E-state index in [0.717, 1.165) is 64.2 Å². The van der Waals surface area contributed by atoms with E-state index in [1.807, 2.05) is 27.7 Å². The van der Waals surface area contributed by atoms with Crippen LogP contribution in [0.4, 0.5) is 0 Å². The molecule has 0 bridgehead atoms. The Hall–Kier alpha value is -1.64. The van der Waals surface area contributed by atoms with Crippen molar-refractivity contribution in [3.8, 4) is 0 Å². The van der Waals surface area contributed by atoms with Crippen LogP contribution in [0.2, 0.25) is 0 Å². The second kappa shape index (κ2) is 14.8. The van der Waals surface area contributed by atoms with Gasteiger partial charge in [0, 0.05) is 0 Å². The molecular weight excluding hydrogens is 676 g/mol. The van der Waals surface area contributed by atoms with Crippen LogP contribution in [0.25, 0.3) is 0 Å². The van der Waals surface area contributed by atoms with E-state index >= 15 is 0 Å². The lowest BCUT2D eigenvalue weighted by Crippen LogP contribution is -2.65. The minimum absolute atomic E-state index is 0. The summed E-state index contributed by atoms with van der Waals surface area (Å²) in [4.78, 5) is 40.4. The quantitative estimate of drug-likeness (QED) is 0.160. The number of amides is 1. The molecule has 0 aliphatic heterocycles. The SMILES string of the molecule is CC(COC(=O)[C@]12CCC(C)(C)C[C@H]1C1=CC[C@@H]3[C@@]4(C)CC[C@H](O)C(C)(C)[C@@H]4CC[C@@]3(C)[C@]1(C)CC2)OC(=O)[C@@H](NC(=O)[C@@H](N)C(C)C)C(C)C.Cl. The van der Waals surface area contributed by atoms with E-state index in [-0.39, 0.29) is 81.8 Å². The minimum atomic E-state index is -0.842. The van der Waals surface area contributed by atoms with E-state index < -0.39 is 29.6 Å². The van der Waals surface area contributed by atoms with Crippen molar-refractivity contribution in [2.45, 2.75) is 172 Å². The number of hydrogen-bond donors (Lipinski definition) is 3. The van der Waals surface area contributed by atoms with Gasteiger partial charge in [-0.15, -0.1) is 12.4 Å². The van der Waals surface area contributed by atoms with Crippen LogP contribution in [0, 0.1) is 62.1 Å². The van der Waals surface area contributed by atoms with Gasteiger partial charge >= 0.3 is 11.9 Å². The van der Waals surface area contributed by atoms with E-state index in [1.165, 1.54) is 5.57 Å². The number of esters is 2. The molecule has 11 atom stereocenters. The molecule has 0 aromatic carbocycles. The van der Waals surface area contributed by atoms with Gasteiger partial charge in [-0.05, 0) is 128 Å². The smallest absolute Gasteiger partial charge is 0.329 e. The molecular formula is C43H73ClN2O6. The lowest BCUT2D eigenvalue weighted by atomic mass is 9.33. The highest BCUT2D eigenvalue weighted by Gasteiger charge is 2.69. The molecule has 0 spiro atoms. The molecule has 5 rings (SSSR count). The number of allylic oxidation sites excluding steroid dienone is 2. The van der Waals surface area contributed by atoms with Gasteiger partial charge in [0.15, 0.2) is 0 Å². The third-order valence-corrected chi connectivity index (χ3v) is 16.0. The molecule has 1 unspecified atom stereocenters. The van der Waals surface area contributed by atoms with Crippen molar-refractivity contribution in [2.24, 2.45) is 67.8 Å². The predicted octanol–water partition coefficient (Wildman–Crippen LogP) is 8.17. The summed E-state index contributed by atoms with van der Waals surface area (Å²) in [6.45, 7) is 26.1. The minimum Gasteiger partial charge on any atom is -0.461 e. The second-order valence-corrected chi connectivity index (χ2v) is 20.6. The van der Waals surface area contributed by atoms with Crippen molar-refractivity contribution < 1.29 is 29.0 Å². The summed E-state index contributed by atoms with van der Waals surface area (Å²) >= 11 is 0. The third kappa shape index (κ3) is 7.01. The molecule has 0 heterocycles. The Morgan fingerprint density at radius 1 is 0.885 bits per heavy atom. The lowest BCUT2D eigenvalue weighted by molar-refractivity contribution is -0.207. The molecule has 5 aliphatic rings.